The van der Waals surface area contributed by atoms with E-state index in [0.29, 0.717) is 11.8 Å². The Hall–Kier alpha value is -4.07. The maximum atomic E-state index is 12.5. The van der Waals surface area contributed by atoms with E-state index in [1.54, 1.807) is 35.4 Å². The molecule has 8 nitrogen and oxygen atoms in total. The molecule has 2 N–H and O–H groups in total. The highest BCUT2D eigenvalue weighted by Gasteiger charge is 2.15. The Morgan fingerprint density at radius 3 is 2.53 bits per heavy atom. The van der Waals surface area contributed by atoms with Gasteiger partial charge in [-0.15, -0.1) is 0 Å². The maximum absolute atomic E-state index is 12.5. The van der Waals surface area contributed by atoms with Crippen LogP contribution in [0.15, 0.2) is 73.2 Å². The highest BCUT2D eigenvalue weighted by Crippen LogP contribution is 2.21. The first-order valence-electron chi connectivity index (χ1n) is 9.50. The predicted molar refractivity (Wildman–Crippen MR) is 115 cm³/mol. The maximum Gasteiger partial charge on any atom is 0.232 e. The number of hydrogen-bond acceptors (Lipinski definition) is 6. The summed E-state index contributed by atoms with van der Waals surface area (Å²) in [7, 11) is 1.84. The molecule has 0 aliphatic rings. The van der Waals surface area contributed by atoms with Gasteiger partial charge in [0, 0.05) is 31.1 Å². The number of aromatic nitrogens is 5. The summed E-state index contributed by atoms with van der Waals surface area (Å²) < 4.78 is 1.70. The molecule has 0 bridgehead atoms. The van der Waals surface area contributed by atoms with E-state index in [0.717, 1.165) is 22.6 Å². The van der Waals surface area contributed by atoms with E-state index >= 15 is 0 Å². The molecule has 0 spiro atoms. The molecular weight excluding hydrogens is 378 g/mol. The fourth-order valence-corrected chi connectivity index (χ4v) is 2.94. The van der Waals surface area contributed by atoms with Crippen molar-refractivity contribution in [3.05, 3.63) is 78.8 Å². The molecule has 0 saturated heterocycles. The van der Waals surface area contributed by atoms with Gasteiger partial charge in [0.1, 0.15) is 11.6 Å². The third-order valence-corrected chi connectivity index (χ3v) is 4.72. The number of aryl methyl sites for hydroxylation is 1. The first kappa shape index (κ1) is 19.3. The summed E-state index contributed by atoms with van der Waals surface area (Å²) in [5.41, 5.74) is 2.50. The first-order valence-corrected chi connectivity index (χ1v) is 9.50. The Morgan fingerprint density at radius 2 is 1.83 bits per heavy atom. The number of benzene rings is 1. The molecule has 3 aromatic heterocycles. The Labute approximate surface area is 174 Å². The average Bonchev–Trinajstić information content (AvgIpc) is 3.19. The minimum atomic E-state index is -0.268. The van der Waals surface area contributed by atoms with Crippen molar-refractivity contribution in [1.82, 2.24) is 24.7 Å². The summed E-state index contributed by atoms with van der Waals surface area (Å²) >= 11 is 0. The van der Waals surface area contributed by atoms with Gasteiger partial charge in [-0.2, -0.15) is 5.10 Å². The van der Waals surface area contributed by atoms with Gasteiger partial charge in [-0.25, -0.2) is 15.0 Å². The number of pyridine rings is 1. The molecule has 1 aromatic carbocycles. The Kier molecular flexibility index (Phi) is 5.47. The summed E-state index contributed by atoms with van der Waals surface area (Å²) in [5.74, 6) is 1.37. The molecular formula is C22H21N7O. The molecule has 4 aromatic rings. The molecule has 1 atom stereocenters. The van der Waals surface area contributed by atoms with E-state index in [2.05, 4.69) is 30.7 Å². The molecule has 4 rings (SSSR count). The zero-order chi connectivity index (χ0) is 20.9. The Balaban J connectivity index is 1.45. The number of carbonyl (C=O) groups excluding carboxylic acids is 1. The van der Waals surface area contributed by atoms with Gasteiger partial charge in [0.15, 0.2) is 0 Å². The van der Waals surface area contributed by atoms with Crippen LogP contribution in [0.2, 0.25) is 0 Å². The van der Waals surface area contributed by atoms with Crippen LogP contribution in [-0.4, -0.2) is 30.6 Å². The predicted octanol–water partition coefficient (Wildman–Crippen LogP) is 3.76. The van der Waals surface area contributed by atoms with E-state index in [9.17, 15) is 4.79 Å². The number of rotatable bonds is 6. The molecule has 150 valence electrons. The van der Waals surface area contributed by atoms with E-state index in [4.69, 9.17) is 0 Å². The van der Waals surface area contributed by atoms with Crippen LogP contribution in [0.25, 0.3) is 11.3 Å². The monoisotopic (exact) mass is 399 g/mol. The molecule has 30 heavy (non-hydrogen) atoms. The summed E-state index contributed by atoms with van der Waals surface area (Å²) in [5, 5.41) is 10.1. The summed E-state index contributed by atoms with van der Waals surface area (Å²) in [6.45, 7) is 1.87. The van der Waals surface area contributed by atoms with Crippen LogP contribution in [0.5, 0.6) is 0 Å². The Bertz CT molecular complexity index is 1140. The second-order valence-electron chi connectivity index (χ2n) is 6.78. The molecule has 8 heteroatoms. The van der Waals surface area contributed by atoms with E-state index < -0.39 is 0 Å². The van der Waals surface area contributed by atoms with Gasteiger partial charge in [-0.1, -0.05) is 30.3 Å². The number of nitrogens with one attached hydrogen (secondary N) is 2. The number of nitrogens with zero attached hydrogens (tertiary/aromatic N) is 5. The topological polar surface area (TPSA) is 97.6 Å². The van der Waals surface area contributed by atoms with Crippen molar-refractivity contribution in [1.29, 1.82) is 0 Å². The second-order valence-corrected chi connectivity index (χ2v) is 6.78. The number of anilines is 3. The smallest absolute Gasteiger partial charge is 0.232 e. The third kappa shape index (κ3) is 4.33. The Morgan fingerprint density at radius 1 is 1.00 bits per heavy atom. The molecule has 0 aliphatic heterocycles. The molecule has 1 amide bonds. The summed E-state index contributed by atoms with van der Waals surface area (Å²) in [6.07, 6.45) is 5.05. The van der Waals surface area contributed by atoms with Gasteiger partial charge in [0.05, 0.1) is 17.8 Å². The molecule has 3 heterocycles. The summed E-state index contributed by atoms with van der Waals surface area (Å²) in [4.78, 5) is 25.6. The SMILES string of the molecule is CC(C(=O)Nc1ccc(-c2ccnc(Nc3ccnn3C)n2)cn1)c1ccccc1. The van der Waals surface area contributed by atoms with E-state index in [1.807, 2.05) is 56.4 Å². The average molecular weight is 399 g/mol. The van der Waals surface area contributed by atoms with Crippen LogP contribution in [0.1, 0.15) is 18.4 Å². The highest BCUT2D eigenvalue weighted by atomic mass is 16.1. The molecule has 0 radical (unpaired) electrons. The van der Waals surface area contributed by atoms with Crippen molar-refractivity contribution in [2.75, 3.05) is 10.6 Å². The number of amides is 1. The van der Waals surface area contributed by atoms with Crippen molar-refractivity contribution in [2.24, 2.45) is 7.05 Å². The second kappa shape index (κ2) is 8.52. The molecule has 0 fully saturated rings. The molecule has 1 unspecified atom stereocenters. The lowest BCUT2D eigenvalue weighted by molar-refractivity contribution is -0.117. The number of carbonyl (C=O) groups is 1. The molecule has 0 aliphatic carbocycles. The number of hydrogen-bond donors (Lipinski definition) is 2. The zero-order valence-corrected chi connectivity index (χ0v) is 16.6. The van der Waals surface area contributed by atoms with Crippen LogP contribution in [0, 0.1) is 0 Å². The van der Waals surface area contributed by atoms with E-state index in [-0.39, 0.29) is 11.8 Å². The van der Waals surface area contributed by atoms with E-state index in [1.165, 1.54) is 0 Å². The quantitative estimate of drug-likeness (QED) is 0.512. The van der Waals surface area contributed by atoms with Crippen LogP contribution >= 0.6 is 0 Å². The standard InChI is InChI=1S/C22H21N7O/c1-15(16-6-4-3-5-7-16)21(30)27-19-9-8-17(14-24-19)18-10-12-23-22(26-18)28-20-11-13-25-29(20)2/h3-15H,1-2H3,(H,23,26,28)(H,24,27,30). The third-order valence-electron chi connectivity index (χ3n) is 4.72. The van der Waals surface area contributed by atoms with Gasteiger partial charge >= 0.3 is 0 Å². The van der Waals surface area contributed by atoms with Crippen molar-refractivity contribution >= 4 is 23.5 Å². The van der Waals surface area contributed by atoms with Crippen LogP contribution in [0.3, 0.4) is 0 Å². The largest absolute Gasteiger partial charge is 0.310 e. The van der Waals surface area contributed by atoms with Crippen molar-refractivity contribution in [3.8, 4) is 11.3 Å². The fourth-order valence-electron chi connectivity index (χ4n) is 2.94. The molecule has 0 saturated carbocycles. The minimum Gasteiger partial charge on any atom is -0.310 e. The van der Waals surface area contributed by atoms with Crippen LogP contribution in [-0.2, 0) is 11.8 Å². The fraction of sp³-hybridized carbons (Fsp3) is 0.136. The van der Waals surface area contributed by atoms with Crippen molar-refractivity contribution < 1.29 is 4.79 Å². The van der Waals surface area contributed by atoms with Gasteiger partial charge in [0.2, 0.25) is 11.9 Å². The van der Waals surface area contributed by atoms with Crippen molar-refractivity contribution in [2.45, 2.75) is 12.8 Å². The normalized spacial score (nSPS) is 11.7. The summed E-state index contributed by atoms with van der Waals surface area (Å²) in [6, 6.07) is 16.9. The highest BCUT2D eigenvalue weighted by molar-refractivity contribution is 5.94. The minimum absolute atomic E-state index is 0.105. The van der Waals surface area contributed by atoms with Gasteiger partial charge in [-0.3, -0.25) is 9.48 Å². The zero-order valence-electron chi connectivity index (χ0n) is 16.6. The lowest BCUT2D eigenvalue weighted by Gasteiger charge is -2.12. The van der Waals surface area contributed by atoms with Crippen LogP contribution in [0.4, 0.5) is 17.6 Å². The lowest BCUT2D eigenvalue weighted by Crippen LogP contribution is -2.19. The first-order chi connectivity index (χ1) is 14.6. The van der Waals surface area contributed by atoms with Crippen molar-refractivity contribution in [3.63, 3.8) is 0 Å². The van der Waals surface area contributed by atoms with Gasteiger partial charge in [-0.05, 0) is 30.7 Å². The van der Waals surface area contributed by atoms with Gasteiger partial charge < -0.3 is 10.6 Å². The van der Waals surface area contributed by atoms with Gasteiger partial charge in [0.25, 0.3) is 0 Å². The van der Waals surface area contributed by atoms with Crippen LogP contribution < -0.4 is 10.6 Å². The lowest BCUT2D eigenvalue weighted by atomic mass is 10.0.